The number of nitrogens with one attached hydrogen (secondary N) is 1. The second-order valence-electron chi connectivity index (χ2n) is 5.51. The van der Waals surface area contributed by atoms with Gasteiger partial charge in [-0.2, -0.15) is 0 Å². The maximum absolute atomic E-state index is 5.56. The highest BCUT2D eigenvalue weighted by atomic mass is 16.5. The minimum Gasteiger partial charge on any atom is -0.496 e. The SMILES string of the molecule is CN=C(NCc1cc(C)oc1C)N(C)Cc1ccccc1OC. The van der Waals surface area contributed by atoms with Crippen LogP contribution < -0.4 is 10.1 Å². The first-order valence-electron chi connectivity index (χ1n) is 7.64. The highest BCUT2D eigenvalue weighted by Crippen LogP contribution is 2.19. The molecule has 0 atom stereocenters. The Kier molecular flexibility index (Phi) is 5.68. The molecule has 0 bridgehead atoms. The number of aliphatic imine (C=N–C) groups is 1. The third kappa shape index (κ3) is 4.28. The Morgan fingerprint density at radius 1 is 1.26 bits per heavy atom. The summed E-state index contributed by atoms with van der Waals surface area (Å²) in [7, 11) is 5.49. The number of hydrogen-bond acceptors (Lipinski definition) is 3. The van der Waals surface area contributed by atoms with Crippen LogP contribution in [0.1, 0.15) is 22.6 Å². The first kappa shape index (κ1) is 16.9. The molecule has 0 saturated carbocycles. The lowest BCUT2D eigenvalue weighted by atomic mass is 10.2. The quantitative estimate of drug-likeness (QED) is 0.680. The first-order valence-corrected chi connectivity index (χ1v) is 7.64. The zero-order valence-corrected chi connectivity index (χ0v) is 14.5. The van der Waals surface area contributed by atoms with Gasteiger partial charge < -0.3 is 19.4 Å². The molecule has 5 nitrogen and oxygen atoms in total. The lowest BCUT2D eigenvalue weighted by Gasteiger charge is -2.23. The Morgan fingerprint density at radius 2 is 2.00 bits per heavy atom. The monoisotopic (exact) mass is 315 g/mol. The van der Waals surface area contributed by atoms with Crippen molar-refractivity contribution in [3.8, 4) is 5.75 Å². The van der Waals surface area contributed by atoms with Gasteiger partial charge >= 0.3 is 0 Å². The van der Waals surface area contributed by atoms with E-state index in [4.69, 9.17) is 9.15 Å². The maximum atomic E-state index is 5.56. The molecule has 2 aromatic rings. The number of rotatable bonds is 5. The number of ether oxygens (including phenoxy) is 1. The van der Waals surface area contributed by atoms with Crippen molar-refractivity contribution < 1.29 is 9.15 Å². The zero-order chi connectivity index (χ0) is 16.8. The maximum Gasteiger partial charge on any atom is 0.193 e. The predicted octanol–water partition coefficient (Wildman–Crippen LogP) is 3.11. The van der Waals surface area contributed by atoms with E-state index in [0.29, 0.717) is 13.1 Å². The summed E-state index contributed by atoms with van der Waals surface area (Å²) in [6.07, 6.45) is 0. The largest absolute Gasteiger partial charge is 0.496 e. The predicted molar refractivity (Wildman–Crippen MR) is 92.8 cm³/mol. The van der Waals surface area contributed by atoms with Crippen LogP contribution in [0.5, 0.6) is 5.75 Å². The highest BCUT2D eigenvalue weighted by molar-refractivity contribution is 5.79. The minimum atomic E-state index is 0.687. The highest BCUT2D eigenvalue weighted by Gasteiger charge is 2.11. The van der Waals surface area contributed by atoms with Gasteiger partial charge in [0.1, 0.15) is 17.3 Å². The average molecular weight is 315 g/mol. The van der Waals surface area contributed by atoms with Crippen LogP contribution in [0.3, 0.4) is 0 Å². The summed E-state index contributed by atoms with van der Waals surface area (Å²) in [5.41, 5.74) is 2.27. The summed E-state index contributed by atoms with van der Waals surface area (Å²) >= 11 is 0. The van der Waals surface area contributed by atoms with Crippen molar-refractivity contribution in [2.75, 3.05) is 21.2 Å². The molecule has 1 N–H and O–H groups in total. The van der Waals surface area contributed by atoms with E-state index in [-0.39, 0.29) is 0 Å². The van der Waals surface area contributed by atoms with Gasteiger partial charge in [-0.15, -0.1) is 0 Å². The van der Waals surface area contributed by atoms with Crippen LogP contribution in [-0.2, 0) is 13.1 Å². The fourth-order valence-corrected chi connectivity index (χ4v) is 2.58. The molecular weight excluding hydrogens is 290 g/mol. The summed E-state index contributed by atoms with van der Waals surface area (Å²) in [4.78, 5) is 6.42. The Morgan fingerprint density at radius 3 is 2.61 bits per heavy atom. The average Bonchev–Trinajstić information content (AvgIpc) is 2.86. The van der Waals surface area contributed by atoms with Crippen molar-refractivity contribution in [3.05, 3.63) is 53.0 Å². The van der Waals surface area contributed by atoms with Gasteiger partial charge in [0.2, 0.25) is 0 Å². The van der Waals surface area contributed by atoms with Gasteiger partial charge in [-0.05, 0) is 26.0 Å². The first-order chi connectivity index (χ1) is 11.0. The van der Waals surface area contributed by atoms with E-state index in [2.05, 4.69) is 27.3 Å². The smallest absolute Gasteiger partial charge is 0.193 e. The zero-order valence-electron chi connectivity index (χ0n) is 14.5. The second-order valence-corrected chi connectivity index (χ2v) is 5.51. The topological polar surface area (TPSA) is 50.0 Å². The molecular formula is C18H25N3O2. The van der Waals surface area contributed by atoms with Gasteiger partial charge in [0.25, 0.3) is 0 Å². The van der Waals surface area contributed by atoms with Crippen molar-refractivity contribution >= 4 is 5.96 Å². The number of aryl methyl sites for hydroxylation is 2. The summed E-state index contributed by atoms with van der Waals surface area (Å²) in [5.74, 6) is 3.58. The molecule has 1 aromatic heterocycles. The van der Waals surface area contributed by atoms with E-state index in [9.17, 15) is 0 Å². The Balaban J connectivity index is 2.01. The Labute approximate surface area is 138 Å². The van der Waals surface area contributed by atoms with E-state index in [1.54, 1.807) is 14.2 Å². The number of nitrogens with zero attached hydrogens (tertiary/aromatic N) is 2. The lowest BCUT2D eigenvalue weighted by Crippen LogP contribution is -2.38. The normalized spacial score (nSPS) is 11.4. The molecule has 23 heavy (non-hydrogen) atoms. The molecule has 0 unspecified atom stereocenters. The molecule has 1 aromatic carbocycles. The van der Waals surface area contributed by atoms with Crippen LogP contribution >= 0.6 is 0 Å². The van der Waals surface area contributed by atoms with Gasteiger partial charge in [0, 0.05) is 38.3 Å². The molecule has 0 radical (unpaired) electrons. The minimum absolute atomic E-state index is 0.687. The number of furan rings is 1. The van der Waals surface area contributed by atoms with Crippen LogP contribution in [0.4, 0.5) is 0 Å². The van der Waals surface area contributed by atoms with E-state index in [0.717, 1.165) is 34.4 Å². The molecule has 0 fully saturated rings. The van der Waals surface area contributed by atoms with Crippen LogP contribution in [0.25, 0.3) is 0 Å². The number of methoxy groups -OCH3 is 1. The molecule has 2 rings (SSSR count). The third-order valence-electron chi connectivity index (χ3n) is 3.75. The molecule has 124 valence electrons. The number of benzene rings is 1. The second kappa shape index (κ2) is 7.72. The van der Waals surface area contributed by atoms with Crippen molar-refractivity contribution in [1.82, 2.24) is 10.2 Å². The van der Waals surface area contributed by atoms with Gasteiger partial charge in [0.05, 0.1) is 7.11 Å². The van der Waals surface area contributed by atoms with E-state index < -0.39 is 0 Å². The fraction of sp³-hybridized carbons (Fsp3) is 0.389. The molecule has 0 aliphatic heterocycles. The van der Waals surface area contributed by atoms with Crippen molar-refractivity contribution in [1.29, 1.82) is 0 Å². The third-order valence-corrected chi connectivity index (χ3v) is 3.75. The number of guanidine groups is 1. The van der Waals surface area contributed by atoms with Crippen LogP contribution in [0.2, 0.25) is 0 Å². The van der Waals surface area contributed by atoms with E-state index >= 15 is 0 Å². The molecule has 0 spiro atoms. The standard InChI is InChI=1S/C18H25N3O2/c1-13-10-16(14(2)23-13)11-20-18(19-3)21(4)12-15-8-6-7-9-17(15)22-5/h6-10H,11-12H2,1-5H3,(H,19,20). The lowest BCUT2D eigenvalue weighted by molar-refractivity contribution is 0.396. The van der Waals surface area contributed by atoms with Crippen LogP contribution in [0.15, 0.2) is 39.7 Å². The van der Waals surface area contributed by atoms with E-state index in [1.165, 1.54) is 0 Å². The molecule has 5 heteroatoms. The molecule has 0 aliphatic rings. The van der Waals surface area contributed by atoms with Crippen LogP contribution in [0, 0.1) is 13.8 Å². The number of hydrogen-bond donors (Lipinski definition) is 1. The molecule has 1 heterocycles. The fourth-order valence-electron chi connectivity index (χ4n) is 2.58. The van der Waals surface area contributed by atoms with Gasteiger partial charge in [0.15, 0.2) is 5.96 Å². The van der Waals surface area contributed by atoms with Crippen LogP contribution in [-0.4, -0.2) is 32.1 Å². The Bertz CT molecular complexity index is 677. The summed E-state index contributed by atoms with van der Waals surface area (Å²) in [6.45, 7) is 5.34. The van der Waals surface area contributed by atoms with Gasteiger partial charge in [-0.3, -0.25) is 4.99 Å². The summed E-state index contributed by atoms with van der Waals surface area (Å²) < 4.78 is 11.0. The molecule has 0 saturated heterocycles. The van der Waals surface area contributed by atoms with Crippen molar-refractivity contribution in [2.24, 2.45) is 4.99 Å². The van der Waals surface area contributed by atoms with E-state index in [1.807, 2.05) is 39.1 Å². The molecule has 0 amide bonds. The van der Waals surface area contributed by atoms with Gasteiger partial charge in [-0.25, -0.2) is 0 Å². The van der Waals surface area contributed by atoms with Crippen molar-refractivity contribution in [3.63, 3.8) is 0 Å². The summed E-state index contributed by atoms with van der Waals surface area (Å²) in [6, 6.07) is 10.1. The summed E-state index contributed by atoms with van der Waals surface area (Å²) in [5, 5.41) is 3.37. The Hall–Kier alpha value is -2.43. The van der Waals surface area contributed by atoms with Crippen molar-refractivity contribution in [2.45, 2.75) is 26.9 Å². The molecule has 0 aliphatic carbocycles. The van der Waals surface area contributed by atoms with Gasteiger partial charge in [-0.1, -0.05) is 18.2 Å². The number of para-hydroxylation sites is 1.